The van der Waals surface area contributed by atoms with E-state index < -0.39 is 0 Å². The summed E-state index contributed by atoms with van der Waals surface area (Å²) in [7, 11) is 0. The van der Waals surface area contributed by atoms with E-state index in [2.05, 4.69) is 37.9 Å². The highest BCUT2D eigenvalue weighted by Crippen LogP contribution is 2.29. The van der Waals surface area contributed by atoms with Crippen LogP contribution in [0.25, 0.3) is 0 Å². The summed E-state index contributed by atoms with van der Waals surface area (Å²) in [5.74, 6) is 0.898. The molecule has 1 heterocycles. The molecule has 0 amide bonds. The lowest BCUT2D eigenvalue weighted by atomic mass is 9.94. The average Bonchev–Trinajstić information content (AvgIpc) is 2.40. The molecule has 0 saturated carbocycles. The summed E-state index contributed by atoms with van der Waals surface area (Å²) < 4.78 is 14.3. The van der Waals surface area contributed by atoms with Gasteiger partial charge in [-0.25, -0.2) is 4.39 Å². The minimum absolute atomic E-state index is 0.185. The molecule has 1 fully saturated rings. The van der Waals surface area contributed by atoms with Gasteiger partial charge in [0, 0.05) is 30.2 Å². The Morgan fingerprint density at radius 1 is 1.33 bits per heavy atom. The van der Waals surface area contributed by atoms with Crippen molar-refractivity contribution in [1.29, 1.82) is 0 Å². The van der Waals surface area contributed by atoms with Gasteiger partial charge < -0.3 is 10.2 Å². The first-order valence-electron chi connectivity index (χ1n) is 7.83. The van der Waals surface area contributed by atoms with Gasteiger partial charge in [-0.2, -0.15) is 0 Å². The van der Waals surface area contributed by atoms with E-state index in [-0.39, 0.29) is 5.82 Å². The SMILES string of the molecule is CC(C)CC1CN(c2cc(Cl)ccc2F)C(C(C)C)CN1. The van der Waals surface area contributed by atoms with Crippen LogP contribution in [0.2, 0.25) is 5.02 Å². The van der Waals surface area contributed by atoms with E-state index in [0.717, 1.165) is 19.5 Å². The zero-order valence-corrected chi connectivity index (χ0v) is 14.1. The standard InChI is InChI=1S/C17H26ClFN2/c1-11(2)7-14-10-21(17(9-20-14)12(3)4)16-8-13(18)5-6-15(16)19/h5-6,8,11-12,14,17,20H,7,9-10H2,1-4H3. The second-order valence-electron chi connectivity index (χ2n) is 6.79. The quantitative estimate of drug-likeness (QED) is 0.890. The number of hydrogen-bond acceptors (Lipinski definition) is 2. The predicted octanol–water partition coefficient (Wildman–Crippen LogP) is 4.33. The highest BCUT2D eigenvalue weighted by molar-refractivity contribution is 6.30. The van der Waals surface area contributed by atoms with Crippen LogP contribution in [-0.4, -0.2) is 25.2 Å². The number of halogens is 2. The summed E-state index contributed by atoms with van der Waals surface area (Å²) in [6.07, 6.45) is 1.10. The van der Waals surface area contributed by atoms with Gasteiger partial charge in [0.05, 0.1) is 5.69 Å². The third-order valence-electron chi connectivity index (χ3n) is 4.18. The Morgan fingerprint density at radius 3 is 2.67 bits per heavy atom. The predicted molar refractivity (Wildman–Crippen MR) is 88.6 cm³/mol. The van der Waals surface area contributed by atoms with Crippen LogP contribution in [0.5, 0.6) is 0 Å². The number of nitrogens with one attached hydrogen (secondary N) is 1. The van der Waals surface area contributed by atoms with E-state index in [4.69, 9.17) is 11.6 Å². The molecule has 1 aliphatic rings. The molecular formula is C17H26ClFN2. The number of benzene rings is 1. The highest BCUT2D eigenvalue weighted by Gasteiger charge is 2.31. The van der Waals surface area contributed by atoms with Crippen molar-refractivity contribution >= 4 is 17.3 Å². The largest absolute Gasteiger partial charge is 0.363 e. The monoisotopic (exact) mass is 312 g/mol. The molecule has 0 spiro atoms. The first-order valence-corrected chi connectivity index (χ1v) is 8.21. The molecular weight excluding hydrogens is 287 g/mol. The van der Waals surface area contributed by atoms with Crippen LogP contribution >= 0.6 is 11.6 Å². The number of piperazine rings is 1. The van der Waals surface area contributed by atoms with Crippen LogP contribution in [0.3, 0.4) is 0 Å². The maximum absolute atomic E-state index is 14.3. The molecule has 118 valence electrons. The zero-order chi connectivity index (χ0) is 15.6. The van der Waals surface area contributed by atoms with Gasteiger partial charge in [0.25, 0.3) is 0 Å². The van der Waals surface area contributed by atoms with Crippen LogP contribution < -0.4 is 10.2 Å². The minimum Gasteiger partial charge on any atom is -0.363 e. The summed E-state index contributed by atoms with van der Waals surface area (Å²) in [6, 6.07) is 5.52. The highest BCUT2D eigenvalue weighted by atomic mass is 35.5. The number of anilines is 1. The molecule has 1 aliphatic heterocycles. The van der Waals surface area contributed by atoms with Crippen LogP contribution in [0.1, 0.15) is 34.1 Å². The number of nitrogens with zero attached hydrogens (tertiary/aromatic N) is 1. The number of hydrogen-bond donors (Lipinski definition) is 1. The van der Waals surface area contributed by atoms with Crippen LogP contribution in [0.4, 0.5) is 10.1 Å². The molecule has 4 heteroatoms. The molecule has 0 radical (unpaired) electrons. The molecule has 1 N–H and O–H groups in total. The van der Waals surface area contributed by atoms with Crippen molar-refractivity contribution in [2.45, 2.75) is 46.2 Å². The lowest BCUT2D eigenvalue weighted by Gasteiger charge is -2.44. The topological polar surface area (TPSA) is 15.3 Å². The lowest BCUT2D eigenvalue weighted by Crippen LogP contribution is -2.59. The number of rotatable bonds is 4. The van der Waals surface area contributed by atoms with Crippen molar-refractivity contribution in [3.63, 3.8) is 0 Å². The Hall–Kier alpha value is -0.800. The fourth-order valence-electron chi connectivity index (χ4n) is 3.14. The van der Waals surface area contributed by atoms with Gasteiger partial charge >= 0.3 is 0 Å². The summed E-state index contributed by atoms with van der Waals surface area (Å²) in [5.41, 5.74) is 0.636. The van der Waals surface area contributed by atoms with Crippen LogP contribution in [0.15, 0.2) is 18.2 Å². The summed E-state index contributed by atoms with van der Waals surface area (Å²) in [4.78, 5) is 2.20. The summed E-state index contributed by atoms with van der Waals surface area (Å²) >= 11 is 6.08. The van der Waals surface area contributed by atoms with E-state index in [1.54, 1.807) is 12.1 Å². The van der Waals surface area contributed by atoms with Gasteiger partial charge in [0.15, 0.2) is 0 Å². The van der Waals surface area contributed by atoms with E-state index in [1.165, 1.54) is 6.07 Å². The Balaban J connectivity index is 2.27. The smallest absolute Gasteiger partial charge is 0.146 e. The van der Waals surface area contributed by atoms with E-state index in [9.17, 15) is 4.39 Å². The fourth-order valence-corrected chi connectivity index (χ4v) is 3.31. The Bertz CT molecular complexity index is 476. The zero-order valence-electron chi connectivity index (χ0n) is 13.4. The third-order valence-corrected chi connectivity index (χ3v) is 4.41. The van der Waals surface area contributed by atoms with Gasteiger partial charge in [0.2, 0.25) is 0 Å². The van der Waals surface area contributed by atoms with Crippen molar-refractivity contribution in [2.24, 2.45) is 11.8 Å². The van der Waals surface area contributed by atoms with E-state index in [0.29, 0.717) is 34.6 Å². The molecule has 0 aromatic heterocycles. The minimum atomic E-state index is -0.185. The van der Waals surface area contributed by atoms with Crippen LogP contribution in [0, 0.1) is 17.7 Å². The second-order valence-corrected chi connectivity index (χ2v) is 7.23. The Morgan fingerprint density at radius 2 is 2.05 bits per heavy atom. The van der Waals surface area contributed by atoms with Gasteiger partial charge in [-0.15, -0.1) is 0 Å². The molecule has 0 aliphatic carbocycles. The molecule has 2 rings (SSSR count). The normalized spacial score (nSPS) is 23.1. The molecule has 2 nitrogen and oxygen atoms in total. The van der Waals surface area contributed by atoms with Crippen molar-refractivity contribution in [3.05, 3.63) is 29.0 Å². The van der Waals surface area contributed by atoms with Crippen molar-refractivity contribution in [1.82, 2.24) is 5.32 Å². The van der Waals surface area contributed by atoms with Gasteiger partial charge in [-0.1, -0.05) is 39.3 Å². The molecule has 2 atom stereocenters. The maximum atomic E-state index is 14.3. The molecule has 21 heavy (non-hydrogen) atoms. The fraction of sp³-hybridized carbons (Fsp3) is 0.647. The Labute approximate surface area is 132 Å². The average molecular weight is 313 g/mol. The molecule has 0 bridgehead atoms. The second kappa shape index (κ2) is 6.97. The summed E-state index contributed by atoms with van der Waals surface area (Å²) in [5, 5.41) is 4.21. The van der Waals surface area contributed by atoms with Gasteiger partial charge in [-0.05, 0) is 36.5 Å². The molecule has 2 unspecified atom stereocenters. The van der Waals surface area contributed by atoms with Crippen LogP contribution in [-0.2, 0) is 0 Å². The first-order chi connectivity index (χ1) is 9.88. The van der Waals surface area contributed by atoms with Gasteiger partial charge in [-0.3, -0.25) is 0 Å². The van der Waals surface area contributed by atoms with E-state index >= 15 is 0 Å². The first kappa shape index (κ1) is 16.6. The molecule has 1 aromatic rings. The molecule has 1 aromatic carbocycles. The lowest BCUT2D eigenvalue weighted by molar-refractivity contribution is 0.308. The van der Waals surface area contributed by atoms with Crippen molar-refractivity contribution in [3.8, 4) is 0 Å². The van der Waals surface area contributed by atoms with Crippen molar-refractivity contribution < 1.29 is 4.39 Å². The van der Waals surface area contributed by atoms with Gasteiger partial charge in [0.1, 0.15) is 5.82 Å². The van der Waals surface area contributed by atoms with Crippen molar-refractivity contribution in [2.75, 3.05) is 18.0 Å². The maximum Gasteiger partial charge on any atom is 0.146 e. The Kier molecular flexibility index (Phi) is 5.50. The summed E-state index contributed by atoms with van der Waals surface area (Å²) in [6.45, 7) is 10.5. The van der Waals surface area contributed by atoms with E-state index in [1.807, 2.05) is 0 Å². The molecule has 1 saturated heterocycles. The third kappa shape index (κ3) is 4.10.